The molecule has 18 heavy (non-hydrogen) atoms. The second kappa shape index (κ2) is 5.71. The molecule has 0 radical (unpaired) electrons. The maximum Gasteiger partial charge on any atom is 0.243 e. The molecular weight excluding hydrogens is 294 g/mol. The highest BCUT2D eigenvalue weighted by Crippen LogP contribution is 2.32. The Bertz CT molecular complexity index is 448. The van der Waals surface area contributed by atoms with Gasteiger partial charge in [-0.3, -0.25) is 4.79 Å². The number of hydrogen-bond donors (Lipinski definition) is 1. The van der Waals surface area contributed by atoms with Gasteiger partial charge in [-0.15, -0.1) is 0 Å². The van der Waals surface area contributed by atoms with Gasteiger partial charge in [-0.2, -0.15) is 0 Å². The molecule has 5 heteroatoms. The van der Waals surface area contributed by atoms with E-state index < -0.39 is 0 Å². The molecule has 0 aromatic heterocycles. The first kappa shape index (κ1) is 13.4. The predicted molar refractivity (Wildman–Crippen MR) is 78.2 cm³/mol. The first-order chi connectivity index (χ1) is 8.56. The van der Waals surface area contributed by atoms with Crippen LogP contribution >= 0.6 is 15.9 Å². The van der Waals surface area contributed by atoms with Crippen LogP contribution in [0.2, 0.25) is 0 Å². The standard InChI is InChI=1S/C13H18BrN3O/c1-16(2)6-3-7-17-9-13(18)15-11-8-10(14)4-5-12(11)17/h4-5,8H,3,6-7,9H2,1-2H3,(H,15,18). The second-order valence-corrected chi connectivity index (χ2v) is 5.70. The summed E-state index contributed by atoms with van der Waals surface area (Å²) in [5.74, 6) is 0.0606. The third-order valence-corrected chi connectivity index (χ3v) is 3.43. The van der Waals surface area contributed by atoms with Crippen molar-refractivity contribution in [3.8, 4) is 0 Å². The van der Waals surface area contributed by atoms with Gasteiger partial charge in [0.05, 0.1) is 17.9 Å². The van der Waals surface area contributed by atoms with Crippen molar-refractivity contribution in [3.05, 3.63) is 22.7 Å². The van der Waals surface area contributed by atoms with Gasteiger partial charge in [-0.1, -0.05) is 15.9 Å². The Morgan fingerprint density at radius 1 is 1.44 bits per heavy atom. The van der Waals surface area contributed by atoms with Crippen LogP contribution in [0, 0.1) is 0 Å². The fourth-order valence-electron chi connectivity index (χ4n) is 2.11. The average Bonchev–Trinajstić information content (AvgIpc) is 2.27. The van der Waals surface area contributed by atoms with E-state index in [4.69, 9.17) is 0 Å². The molecule has 1 heterocycles. The Labute approximate surface area is 116 Å². The Hall–Kier alpha value is -1.07. The van der Waals surface area contributed by atoms with E-state index in [9.17, 15) is 4.79 Å². The minimum absolute atomic E-state index is 0.0606. The fourth-order valence-corrected chi connectivity index (χ4v) is 2.47. The molecular formula is C13H18BrN3O. The number of halogens is 1. The Kier molecular flexibility index (Phi) is 4.24. The van der Waals surface area contributed by atoms with E-state index in [0.29, 0.717) is 6.54 Å². The zero-order valence-electron chi connectivity index (χ0n) is 10.7. The molecule has 0 unspecified atom stereocenters. The minimum Gasteiger partial charge on any atom is -0.360 e. The molecule has 0 aliphatic carbocycles. The summed E-state index contributed by atoms with van der Waals surface area (Å²) in [7, 11) is 4.13. The molecule has 1 aliphatic rings. The van der Waals surface area contributed by atoms with E-state index in [2.05, 4.69) is 51.2 Å². The lowest BCUT2D eigenvalue weighted by molar-refractivity contribution is -0.115. The van der Waals surface area contributed by atoms with Crippen molar-refractivity contribution in [3.63, 3.8) is 0 Å². The molecule has 1 aromatic rings. The van der Waals surface area contributed by atoms with Crippen LogP contribution in [0.5, 0.6) is 0 Å². The normalized spacial score (nSPS) is 14.7. The highest BCUT2D eigenvalue weighted by atomic mass is 79.9. The lowest BCUT2D eigenvalue weighted by atomic mass is 10.2. The van der Waals surface area contributed by atoms with Crippen LogP contribution in [0.3, 0.4) is 0 Å². The molecule has 0 spiro atoms. The van der Waals surface area contributed by atoms with Gasteiger partial charge in [0, 0.05) is 11.0 Å². The van der Waals surface area contributed by atoms with E-state index in [1.165, 1.54) is 0 Å². The fraction of sp³-hybridized carbons (Fsp3) is 0.462. The highest BCUT2D eigenvalue weighted by Gasteiger charge is 2.21. The number of rotatable bonds is 4. The topological polar surface area (TPSA) is 35.6 Å². The summed E-state index contributed by atoms with van der Waals surface area (Å²) in [6.45, 7) is 2.38. The maximum atomic E-state index is 11.7. The molecule has 0 fully saturated rings. The van der Waals surface area contributed by atoms with Crippen LogP contribution in [-0.4, -0.2) is 44.5 Å². The zero-order valence-corrected chi connectivity index (χ0v) is 12.3. The van der Waals surface area contributed by atoms with Crippen molar-refractivity contribution in [2.45, 2.75) is 6.42 Å². The number of benzene rings is 1. The smallest absolute Gasteiger partial charge is 0.243 e. The van der Waals surface area contributed by atoms with E-state index in [1.54, 1.807) is 0 Å². The zero-order chi connectivity index (χ0) is 13.1. The van der Waals surface area contributed by atoms with Crippen LogP contribution in [0.15, 0.2) is 22.7 Å². The molecule has 0 atom stereocenters. The van der Waals surface area contributed by atoms with Gasteiger partial charge in [-0.05, 0) is 45.3 Å². The highest BCUT2D eigenvalue weighted by molar-refractivity contribution is 9.10. The summed E-state index contributed by atoms with van der Waals surface area (Å²) in [5.41, 5.74) is 2.00. The Balaban J connectivity index is 2.10. The van der Waals surface area contributed by atoms with Crippen LogP contribution in [0.4, 0.5) is 11.4 Å². The molecule has 1 aliphatic heterocycles. The summed E-state index contributed by atoms with van der Waals surface area (Å²) in [6.07, 6.45) is 1.05. The summed E-state index contributed by atoms with van der Waals surface area (Å²) in [5, 5.41) is 2.91. The molecule has 98 valence electrons. The molecule has 1 N–H and O–H groups in total. The molecule has 0 saturated heterocycles. The van der Waals surface area contributed by atoms with Crippen molar-refractivity contribution in [2.24, 2.45) is 0 Å². The molecule has 2 rings (SSSR count). The number of hydrogen-bond acceptors (Lipinski definition) is 3. The third kappa shape index (κ3) is 3.23. The summed E-state index contributed by atoms with van der Waals surface area (Å²) in [4.78, 5) is 16.0. The minimum atomic E-state index is 0.0606. The van der Waals surface area contributed by atoms with Crippen molar-refractivity contribution in [2.75, 3.05) is 43.9 Å². The Morgan fingerprint density at radius 2 is 2.22 bits per heavy atom. The lowest BCUT2D eigenvalue weighted by Gasteiger charge is -2.31. The van der Waals surface area contributed by atoms with Gasteiger partial charge in [0.2, 0.25) is 5.91 Å². The Morgan fingerprint density at radius 3 is 2.94 bits per heavy atom. The number of anilines is 2. The molecule has 4 nitrogen and oxygen atoms in total. The van der Waals surface area contributed by atoms with Crippen LogP contribution < -0.4 is 10.2 Å². The summed E-state index contributed by atoms with van der Waals surface area (Å²) < 4.78 is 0.983. The number of fused-ring (bicyclic) bond motifs is 1. The van der Waals surface area contributed by atoms with Gasteiger partial charge in [-0.25, -0.2) is 0 Å². The molecule has 0 saturated carbocycles. The van der Waals surface area contributed by atoms with Crippen molar-refractivity contribution >= 4 is 33.2 Å². The monoisotopic (exact) mass is 311 g/mol. The van der Waals surface area contributed by atoms with Gasteiger partial charge >= 0.3 is 0 Å². The van der Waals surface area contributed by atoms with Gasteiger partial charge in [0.25, 0.3) is 0 Å². The largest absolute Gasteiger partial charge is 0.360 e. The van der Waals surface area contributed by atoms with Crippen LogP contribution in [0.1, 0.15) is 6.42 Å². The van der Waals surface area contributed by atoms with Gasteiger partial charge in [0.1, 0.15) is 0 Å². The third-order valence-electron chi connectivity index (χ3n) is 2.94. The summed E-state index contributed by atoms with van der Waals surface area (Å²) in [6, 6.07) is 6.01. The number of amides is 1. The van der Waals surface area contributed by atoms with E-state index in [-0.39, 0.29) is 5.91 Å². The molecule has 1 amide bonds. The predicted octanol–water partition coefficient (Wildman–Crippen LogP) is 2.16. The first-order valence-corrected chi connectivity index (χ1v) is 6.84. The van der Waals surface area contributed by atoms with Crippen molar-refractivity contribution < 1.29 is 4.79 Å². The first-order valence-electron chi connectivity index (χ1n) is 6.05. The molecule has 0 bridgehead atoms. The van der Waals surface area contributed by atoms with Crippen LogP contribution in [0.25, 0.3) is 0 Å². The van der Waals surface area contributed by atoms with Crippen LogP contribution in [-0.2, 0) is 4.79 Å². The van der Waals surface area contributed by atoms with Gasteiger partial charge in [0.15, 0.2) is 0 Å². The number of nitrogens with zero attached hydrogens (tertiary/aromatic N) is 2. The van der Waals surface area contributed by atoms with Gasteiger partial charge < -0.3 is 15.1 Å². The van der Waals surface area contributed by atoms with E-state index >= 15 is 0 Å². The number of carbonyl (C=O) groups excluding carboxylic acids is 1. The van der Waals surface area contributed by atoms with Crippen molar-refractivity contribution in [1.29, 1.82) is 0 Å². The second-order valence-electron chi connectivity index (χ2n) is 4.79. The summed E-state index contributed by atoms with van der Waals surface area (Å²) >= 11 is 3.43. The number of carbonyl (C=O) groups is 1. The molecule has 1 aromatic carbocycles. The maximum absolute atomic E-state index is 11.7. The van der Waals surface area contributed by atoms with E-state index in [0.717, 1.165) is 35.4 Å². The quantitative estimate of drug-likeness (QED) is 0.925. The van der Waals surface area contributed by atoms with Crippen molar-refractivity contribution in [1.82, 2.24) is 4.90 Å². The average molecular weight is 312 g/mol. The van der Waals surface area contributed by atoms with E-state index in [1.807, 2.05) is 12.1 Å². The SMILES string of the molecule is CN(C)CCCN1CC(=O)Nc2cc(Br)ccc21. The number of nitrogens with one attached hydrogen (secondary N) is 1. The lowest BCUT2D eigenvalue weighted by Crippen LogP contribution is -2.39.